The number of aromatic nitrogens is 2. The molecule has 1 N–H and O–H groups in total. The average Bonchev–Trinajstić information content (AvgIpc) is 2.96. The van der Waals surface area contributed by atoms with Crippen LogP contribution in [0.2, 0.25) is 0 Å². The monoisotopic (exact) mass is 361 g/mol. The molecule has 1 aliphatic heterocycles. The Morgan fingerprint density at radius 3 is 3.00 bits per heavy atom. The summed E-state index contributed by atoms with van der Waals surface area (Å²) in [5.74, 6) is 0. The zero-order valence-corrected chi connectivity index (χ0v) is 13.1. The van der Waals surface area contributed by atoms with Crippen LogP contribution in [0.25, 0.3) is 0 Å². The van der Waals surface area contributed by atoms with Crippen LogP contribution in [0.15, 0.2) is 32.4 Å². The van der Waals surface area contributed by atoms with Crippen LogP contribution >= 0.6 is 27.3 Å². The van der Waals surface area contributed by atoms with Gasteiger partial charge in [0.05, 0.1) is 3.79 Å². The first kappa shape index (κ1) is 13.3. The lowest BCUT2D eigenvalue weighted by Crippen LogP contribution is -2.39. The Bertz CT molecular complexity index is 692. The third-order valence-electron chi connectivity index (χ3n) is 3.08. The Morgan fingerprint density at radius 1 is 1.42 bits per heavy atom. The summed E-state index contributed by atoms with van der Waals surface area (Å²) in [5.41, 5.74) is 1.08. The van der Waals surface area contributed by atoms with Crippen LogP contribution in [0.1, 0.15) is 12.1 Å². The zero-order chi connectivity index (χ0) is 13.5. The van der Waals surface area contributed by atoms with Crippen molar-refractivity contribution in [1.29, 1.82) is 0 Å². The number of aryl methyl sites for hydroxylation is 1. The summed E-state index contributed by atoms with van der Waals surface area (Å²) in [7, 11) is -3.42. The van der Waals surface area contributed by atoms with Crippen LogP contribution in [0, 0.1) is 0 Å². The highest BCUT2D eigenvalue weighted by molar-refractivity contribution is 9.11. The normalized spacial score (nSPS) is 19.3. The molecule has 0 amide bonds. The van der Waals surface area contributed by atoms with E-state index in [1.165, 1.54) is 11.3 Å². The molecule has 0 fully saturated rings. The van der Waals surface area contributed by atoms with Crippen LogP contribution < -0.4 is 4.72 Å². The van der Waals surface area contributed by atoms with E-state index < -0.39 is 10.0 Å². The van der Waals surface area contributed by atoms with Crippen LogP contribution in [0.5, 0.6) is 0 Å². The largest absolute Gasteiger partial charge is 0.269 e. The Kier molecular flexibility index (Phi) is 3.50. The van der Waals surface area contributed by atoms with Gasteiger partial charge in [-0.25, -0.2) is 13.1 Å². The summed E-state index contributed by atoms with van der Waals surface area (Å²) in [5, 5.41) is 4.18. The minimum atomic E-state index is -3.42. The van der Waals surface area contributed by atoms with Gasteiger partial charge < -0.3 is 0 Å². The molecule has 0 aromatic carbocycles. The van der Waals surface area contributed by atoms with Crippen molar-refractivity contribution >= 4 is 37.3 Å². The zero-order valence-electron chi connectivity index (χ0n) is 9.91. The fourth-order valence-electron chi connectivity index (χ4n) is 2.19. The van der Waals surface area contributed by atoms with E-state index in [2.05, 4.69) is 25.8 Å². The van der Waals surface area contributed by atoms with Gasteiger partial charge in [0.1, 0.15) is 4.21 Å². The first-order valence-electron chi connectivity index (χ1n) is 5.83. The van der Waals surface area contributed by atoms with E-state index in [1.807, 2.05) is 10.7 Å². The molecule has 5 nitrogen and oxygen atoms in total. The van der Waals surface area contributed by atoms with Crippen LogP contribution in [0.4, 0.5) is 0 Å². The van der Waals surface area contributed by atoms with Gasteiger partial charge in [0.2, 0.25) is 10.0 Å². The molecule has 19 heavy (non-hydrogen) atoms. The molecule has 0 radical (unpaired) electrons. The molecule has 0 aliphatic carbocycles. The van der Waals surface area contributed by atoms with Gasteiger partial charge in [0.25, 0.3) is 0 Å². The Labute approximate surface area is 123 Å². The van der Waals surface area contributed by atoms with Crippen molar-refractivity contribution in [3.63, 3.8) is 0 Å². The van der Waals surface area contributed by atoms with Crippen LogP contribution in [0.3, 0.4) is 0 Å². The predicted molar refractivity (Wildman–Crippen MR) is 76.7 cm³/mol. The smallest absolute Gasteiger partial charge is 0.250 e. The van der Waals surface area contributed by atoms with Crippen LogP contribution in [-0.2, 0) is 23.0 Å². The number of hydrogen-bond donors (Lipinski definition) is 1. The van der Waals surface area contributed by atoms with Crippen molar-refractivity contribution in [2.24, 2.45) is 0 Å². The van der Waals surface area contributed by atoms with Gasteiger partial charge in [0, 0.05) is 30.9 Å². The maximum Gasteiger partial charge on any atom is 0.250 e. The number of sulfonamides is 1. The van der Waals surface area contributed by atoms with E-state index in [1.54, 1.807) is 18.3 Å². The molecule has 0 spiro atoms. The minimum Gasteiger partial charge on any atom is -0.269 e. The summed E-state index contributed by atoms with van der Waals surface area (Å²) < 4.78 is 30.3. The molecule has 102 valence electrons. The van der Waals surface area contributed by atoms with E-state index in [0.29, 0.717) is 10.6 Å². The third-order valence-corrected chi connectivity index (χ3v) is 6.72. The van der Waals surface area contributed by atoms with Gasteiger partial charge in [-0.2, -0.15) is 5.10 Å². The summed E-state index contributed by atoms with van der Waals surface area (Å²) in [6.45, 7) is 0.754. The van der Waals surface area contributed by atoms with Crippen molar-refractivity contribution in [3.8, 4) is 0 Å². The summed E-state index contributed by atoms with van der Waals surface area (Å²) in [6, 6.07) is 5.23. The first-order chi connectivity index (χ1) is 9.04. The first-order valence-corrected chi connectivity index (χ1v) is 8.92. The van der Waals surface area contributed by atoms with E-state index in [9.17, 15) is 8.42 Å². The van der Waals surface area contributed by atoms with Gasteiger partial charge in [-0.1, -0.05) is 0 Å². The second-order valence-corrected chi connectivity index (χ2v) is 8.82. The molecule has 0 saturated heterocycles. The molecule has 1 aliphatic rings. The number of rotatable bonds is 3. The number of thiophene rings is 1. The fourth-order valence-corrected chi connectivity index (χ4v) is 5.48. The lowest BCUT2D eigenvalue weighted by atomic mass is 10.1. The van der Waals surface area contributed by atoms with E-state index >= 15 is 0 Å². The average molecular weight is 362 g/mol. The Hall–Kier alpha value is -0.700. The molecular weight excluding hydrogens is 350 g/mol. The minimum absolute atomic E-state index is 0.0601. The molecule has 3 rings (SSSR count). The molecule has 2 aromatic rings. The second-order valence-electron chi connectivity index (χ2n) is 4.42. The number of nitrogens with zero attached hydrogens (tertiary/aromatic N) is 2. The quantitative estimate of drug-likeness (QED) is 0.909. The molecule has 1 atom stereocenters. The maximum absolute atomic E-state index is 12.2. The van der Waals surface area contributed by atoms with E-state index in [0.717, 1.165) is 22.4 Å². The molecule has 0 bridgehead atoms. The van der Waals surface area contributed by atoms with Crippen molar-refractivity contribution in [1.82, 2.24) is 14.5 Å². The summed E-state index contributed by atoms with van der Waals surface area (Å²) in [6.07, 6.45) is 3.20. The highest BCUT2D eigenvalue weighted by Gasteiger charge is 2.25. The maximum atomic E-state index is 12.2. The van der Waals surface area contributed by atoms with Gasteiger partial charge >= 0.3 is 0 Å². The molecule has 0 saturated carbocycles. The molecule has 3 heterocycles. The van der Waals surface area contributed by atoms with Crippen molar-refractivity contribution in [3.05, 3.63) is 33.9 Å². The van der Waals surface area contributed by atoms with Gasteiger partial charge in [-0.3, -0.25) is 4.68 Å². The molecule has 1 unspecified atom stereocenters. The fraction of sp³-hybridized carbons (Fsp3) is 0.364. The predicted octanol–water partition coefficient (Wildman–Crippen LogP) is 2.00. The molecule has 2 aromatic heterocycles. The Balaban J connectivity index is 1.76. The third kappa shape index (κ3) is 2.76. The lowest BCUT2D eigenvalue weighted by Gasteiger charge is -2.23. The van der Waals surface area contributed by atoms with Gasteiger partial charge in [-0.05, 0) is 40.5 Å². The number of nitrogens with one attached hydrogen (secondary N) is 1. The lowest BCUT2D eigenvalue weighted by molar-refractivity contribution is 0.414. The molecular formula is C11H12BrN3O2S2. The van der Waals surface area contributed by atoms with E-state index in [-0.39, 0.29) is 6.04 Å². The standard InChI is InChI=1S/C11H12BrN3O2S2/c12-10-1-2-11(18-10)19(16,17)14-8-4-6-15-9(7-8)3-5-13-15/h1-3,5,8,14H,4,6-7H2. The van der Waals surface area contributed by atoms with Crippen molar-refractivity contribution in [2.75, 3.05) is 0 Å². The Morgan fingerprint density at radius 2 is 2.26 bits per heavy atom. The molecule has 8 heteroatoms. The second kappa shape index (κ2) is 5.01. The summed E-state index contributed by atoms with van der Waals surface area (Å²) >= 11 is 4.50. The van der Waals surface area contributed by atoms with Gasteiger partial charge in [0.15, 0.2) is 0 Å². The topological polar surface area (TPSA) is 64.0 Å². The van der Waals surface area contributed by atoms with Gasteiger partial charge in [-0.15, -0.1) is 11.3 Å². The number of fused-ring (bicyclic) bond motifs is 1. The highest BCUT2D eigenvalue weighted by atomic mass is 79.9. The van der Waals surface area contributed by atoms with Crippen molar-refractivity contribution in [2.45, 2.75) is 29.6 Å². The highest BCUT2D eigenvalue weighted by Crippen LogP contribution is 2.26. The van der Waals surface area contributed by atoms with Crippen LogP contribution in [-0.4, -0.2) is 24.2 Å². The number of hydrogen-bond acceptors (Lipinski definition) is 4. The van der Waals surface area contributed by atoms with E-state index in [4.69, 9.17) is 0 Å². The number of halogens is 1. The summed E-state index contributed by atoms with van der Waals surface area (Å²) in [4.78, 5) is 0. The SMILES string of the molecule is O=S(=O)(NC1CCn2nccc2C1)c1ccc(Br)s1. The van der Waals surface area contributed by atoms with Crippen molar-refractivity contribution < 1.29 is 8.42 Å².